The number of carbonyl (C=O) groups is 2. The van der Waals surface area contributed by atoms with Crippen LogP contribution >= 0.6 is 11.6 Å². The Morgan fingerprint density at radius 1 is 1.06 bits per heavy atom. The van der Waals surface area contributed by atoms with Gasteiger partial charge in [-0.1, -0.05) is 48.0 Å². The van der Waals surface area contributed by atoms with Gasteiger partial charge < -0.3 is 9.73 Å². The molecule has 0 spiro atoms. The minimum absolute atomic E-state index is 0.241. The Labute approximate surface area is 191 Å². The molecule has 2 N–H and O–H groups in total. The Bertz CT molecular complexity index is 1170. The molecule has 3 aromatic rings. The average Bonchev–Trinajstić information content (AvgIpc) is 3.15. The maximum atomic E-state index is 12.7. The first kappa shape index (κ1) is 21.8. The second kappa shape index (κ2) is 9.83. The van der Waals surface area contributed by atoms with Crippen LogP contribution in [0.3, 0.4) is 0 Å². The topological polar surface area (TPSA) is 83.7 Å². The van der Waals surface area contributed by atoms with Crippen molar-refractivity contribution in [1.29, 1.82) is 0 Å². The molecule has 2 aromatic carbocycles. The molecule has 2 amide bonds. The smallest absolute Gasteiger partial charge is 0.287 e. The van der Waals surface area contributed by atoms with Gasteiger partial charge in [-0.25, -0.2) is 5.43 Å². The maximum Gasteiger partial charge on any atom is 0.287 e. The number of halogens is 1. The Balaban J connectivity index is 1.46. The van der Waals surface area contributed by atoms with Crippen molar-refractivity contribution in [2.24, 2.45) is 5.10 Å². The first-order chi connectivity index (χ1) is 15.5. The highest BCUT2D eigenvalue weighted by molar-refractivity contribution is 6.31. The fraction of sp³-hybridized carbons (Fsp3) is 0.240. The van der Waals surface area contributed by atoms with Gasteiger partial charge in [0.05, 0.1) is 5.71 Å². The summed E-state index contributed by atoms with van der Waals surface area (Å²) in [6.07, 6.45) is 3.00. The molecule has 7 heteroatoms. The van der Waals surface area contributed by atoms with Crippen LogP contribution in [-0.2, 0) is 12.8 Å². The summed E-state index contributed by atoms with van der Waals surface area (Å²) in [5.74, 6) is 0.457. The molecule has 0 saturated heterocycles. The van der Waals surface area contributed by atoms with E-state index in [2.05, 4.69) is 15.8 Å². The summed E-state index contributed by atoms with van der Waals surface area (Å²) in [5.41, 5.74) is 6.47. The lowest BCUT2D eigenvalue weighted by molar-refractivity contribution is 0.0922. The molecule has 164 valence electrons. The number of nitrogens with one attached hydrogen (secondary N) is 2. The Kier molecular flexibility index (Phi) is 6.71. The molecule has 0 unspecified atom stereocenters. The van der Waals surface area contributed by atoms with Crippen molar-refractivity contribution < 1.29 is 14.0 Å². The fourth-order valence-corrected chi connectivity index (χ4v) is 4.04. The number of benzene rings is 2. The highest BCUT2D eigenvalue weighted by atomic mass is 35.5. The molecule has 0 bridgehead atoms. The minimum atomic E-state index is -0.341. The lowest BCUT2D eigenvalue weighted by Crippen LogP contribution is -2.26. The van der Waals surface area contributed by atoms with Gasteiger partial charge in [-0.3, -0.25) is 9.59 Å². The largest absolute Gasteiger partial charge is 0.455 e. The predicted octanol–water partition coefficient (Wildman–Crippen LogP) is 4.68. The van der Waals surface area contributed by atoms with E-state index in [9.17, 15) is 9.59 Å². The Hall–Kier alpha value is -3.38. The lowest BCUT2D eigenvalue weighted by Gasteiger charge is -2.13. The van der Waals surface area contributed by atoms with E-state index >= 15 is 0 Å². The third-order valence-corrected chi connectivity index (χ3v) is 5.69. The highest BCUT2D eigenvalue weighted by Crippen LogP contribution is 2.29. The van der Waals surface area contributed by atoms with Gasteiger partial charge in [0.15, 0.2) is 5.76 Å². The molecular weight excluding hydrogens is 426 g/mol. The zero-order chi connectivity index (χ0) is 22.5. The molecule has 0 aliphatic heterocycles. The van der Waals surface area contributed by atoms with Gasteiger partial charge in [0.1, 0.15) is 5.76 Å². The molecule has 1 aromatic heterocycles. The summed E-state index contributed by atoms with van der Waals surface area (Å²) >= 11 is 5.96. The van der Waals surface area contributed by atoms with Crippen LogP contribution in [0.5, 0.6) is 0 Å². The number of fused-ring (bicyclic) bond motifs is 1. The van der Waals surface area contributed by atoms with E-state index < -0.39 is 0 Å². The van der Waals surface area contributed by atoms with E-state index in [1.165, 1.54) is 0 Å². The van der Waals surface area contributed by atoms with Crippen molar-refractivity contribution in [3.8, 4) is 0 Å². The zero-order valence-corrected chi connectivity index (χ0v) is 18.5. The van der Waals surface area contributed by atoms with Gasteiger partial charge in [0.2, 0.25) is 0 Å². The predicted molar refractivity (Wildman–Crippen MR) is 124 cm³/mol. The second-order valence-electron chi connectivity index (χ2n) is 7.71. The van der Waals surface area contributed by atoms with Crippen LogP contribution in [0.15, 0.2) is 64.1 Å². The van der Waals surface area contributed by atoms with Crippen LogP contribution in [0.4, 0.5) is 0 Å². The summed E-state index contributed by atoms with van der Waals surface area (Å²) in [5, 5.41) is 7.77. The first-order valence-electron chi connectivity index (χ1n) is 10.6. The number of furan rings is 1. The number of nitrogens with zero attached hydrogens (tertiary/aromatic N) is 1. The number of hydrazone groups is 1. The maximum absolute atomic E-state index is 12.7. The highest BCUT2D eigenvalue weighted by Gasteiger charge is 2.28. The molecule has 32 heavy (non-hydrogen) atoms. The summed E-state index contributed by atoms with van der Waals surface area (Å²) in [4.78, 5) is 25.2. The number of amides is 2. The van der Waals surface area contributed by atoms with Gasteiger partial charge in [-0.2, -0.15) is 5.10 Å². The second-order valence-corrected chi connectivity index (χ2v) is 8.15. The summed E-state index contributed by atoms with van der Waals surface area (Å²) < 4.78 is 5.92. The van der Waals surface area contributed by atoms with E-state index in [-0.39, 0.29) is 11.8 Å². The summed E-state index contributed by atoms with van der Waals surface area (Å²) in [6.45, 7) is 2.37. The average molecular weight is 450 g/mol. The zero-order valence-electron chi connectivity index (χ0n) is 17.8. The van der Waals surface area contributed by atoms with Crippen LogP contribution in [0.1, 0.15) is 56.2 Å². The van der Waals surface area contributed by atoms with E-state index in [0.717, 1.165) is 41.7 Å². The van der Waals surface area contributed by atoms with Crippen molar-refractivity contribution in [3.05, 3.63) is 93.4 Å². The Morgan fingerprint density at radius 2 is 1.88 bits per heavy atom. The van der Waals surface area contributed by atoms with Gasteiger partial charge in [0, 0.05) is 34.7 Å². The van der Waals surface area contributed by atoms with Crippen LogP contribution in [0.25, 0.3) is 0 Å². The molecule has 0 fully saturated rings. The number of aryl methyl sites for hydroxylation is 1. The first-order valence-corrected chi connectivity index (χ1v) is 11.0. The fourth-order valence-electron chi connectivity index (χ4n) is 3.85. The summed E-state index contributed by atoms with van der Waals surface area (Å²) in [6, 6.07) is 16.7. The number of hydrogen-bond acceptors (Lipinski definition) is 4. The molecule has 1 aliphatic rings. The number of hydrogen-bond donors (Lipinski definition) is 2. The third kappa shape index (κ3) is 4.92. The van der Waals surface area contributed by atoms with Crippen LogP contribution in [0, 0.1) is 6.92 Å². The monoisotopic (exact) mass is 449 g/mol. The van der Waals surface area contributed by atoms with Crippen molar-refractivity contribution in [3.63, 3.8) is 0 Å². The van der Waals surface area contributed by atoms with Crippen molar-refractivity contribution in [2.75, 3.05) is 6.54 Å². The van der Waals surface area contributed by atoms with Crippen molar-refractivity contribution in [1.82, 2.24) is 10.7 Å². The van der Waals surface area contributed by atoms with E-state index in [1.807, 2.05) is 37.3 Å². The van der Waals surface area contributed by atoms with Crippen molar-refractivity contribution in [2.45, 2.75) is 32.6 Å². The number of carbonyl (C=O) groups excluding carboxylic acids is 2. The minimum Gasteiger partial charge on any atom is -0.455 e. The molecule has 0 radical (unpaired) electrons. The number of rotatable bonds is 6. The molecule has 6 nitrogen and oxygen atoms in total. The standard InChI is InChI=1S/C25H24ClN3O3/c1-16-22-20(28-29-24(30)18-9-5-10-19(26)15-18)11-6-12-21(22)32-23(16)25(31)27-14-13-17-7-3-2-4-8-17/h2-5,7-10,15H,6,11-14H2,1H3,(H,27,31)(H,29,30)/b28-20+. The molecule has 0 saturated carbocycles. The normalized spacial score (nSPS) is 14.1. The van der Waals surface area contributed by atoms with E-state index in [0.29, 0.717) is 35.0 Å². The van der Waals surface area contributed by atoms with E-state index in [1.54, 1.807) is 24.3 Å². The quantitative estimate of drug-likeness (QED) is 0.536. The lowest BCUT2D eigenvalue weighted by atomic mass is 9.93. The summed E-state index contributed by atoms with van der Waals surface area (Å²) in [7, 11) is 0. The van der Waals surface area contributed by atoms with E-state index in [4.69, 9.17) is 16.0 Å². The van der Waals surface area contributed by atoms with Crippen LogP contribution in [-0.4, -0.2) is 24.1 Å². The Morgan fingerprint density at radius 3 is 2.66 bits per heavy atom. The SMILES string of the molecule is Cc1c(C(=O)NCCc2ccccc2)oc2c1/C(=N/NC(=O)c1cccc(Cl)c1)CCC2. The molecule has 1 aliphatic carbocycles. The van der Waals surface area contributed by atoms with Gasteiger partial charge in [-0.05, 0) is 49.9 Å². The molecule has 4 rings (SSSR count). The molecule has 1 heterocycles. The molecule has 0 atom stereocenters. The molecular formula is C25H24ClN3O3. The van der Waals surface area contributed by atoms with Gasteiger partial charge >= 0.3 is 0 Å². The van der Waals surface area contributed by atoms with Crippen molar-refractivity contribution >= 4 is 29.1 Å². The van der Waals surface area contributed by atoms with Gasteiger partial charge in [-0.15, -0.1) is 0 Å². The van der Waals surface area contributed by atoms with Crippen LogP contribution in [0.2, 0.25) is 5.02 Å². The van der Waals surface area contributed by atoms with Crippen LogP contribution < -0.4 is 10.7 Å². The third-order valence-electron chi connectivity index (χ3n) is 5.45. The van der Waals surface area contributed by atoms with Gasteiger partial charge in [0.25, 0.3) is 11.8 Å².